The molecule has 3 N–H and O–H groups in total. The first-order valence-electron chi connectivity index (χ1n) is 12.0. The van der Waals surface area contributed by atoms with Gasteiger partial charge in [-0.15, -0.1) is 0 Å². The molecule has 0 aromatic heterocycles. The van der Waals surface area contributed by atoms with Crippen molar-refractivity contribution in [2.45, 2.75) is 72.3 Å². The van der Waals surface area contributed by atoms with E-state index in [1.165, 1.54) is 11.1 Å². The molecule has 1 spiro atoms. The average molecular weight is 430 g/mol. The number of carbonyl (C=O) groups excluding carboxylic acids is 2. The first-order valence-corrected chi connectivity index (χ1v) is 12.0. The highest BCUT2D eigenvalue weighted by atomic mass is 16.3. The third kappa shape index (κ3) is 3.02. The summed E-state index contributed by atoms with van der Waals surface area (Å²) in [7, 11) is 0. The number of fused-ring (bicyclic) bond motifs is 3. The highest BCUT2D eigenvalue weighted by Crippen LogP contribution is 2.75. The number of aliphatic hydroxyl groups is 2. The van der Waals surface area contributed by atoms with Gasteiger partial charge in [-0.05, 0) is 69.1 Å². The number of hydrogen-bond acceptors (Lipinski definition) is 4. The maximum Gasteiger partial charge on any atom is 0.224 e. The molecule has 0 saturated heterocycles. The Balaban J connectivity index is 1.82. The molecule has 0 heterocycles. The number of rotatable bonds is 6. The van der Waals surface area contributed by atoms with Crippen molar-refractivity contribution in [2.24, 2.45) is 39.9 Å². The third-order valence-corrected chi connectivity index (χ3v) is 9.65. The summed E-state index contributed by atoms with van der Waals surface area (Å²) >= 11 is 0. The molecule has 1 amide bonds. The van der Waals surface area contributed by atoms with E-state index in [0.29, 0.717) is 13.0 Å². The average Bonchev–Trinajstić information content (AvgIpc) is 3.09. The minimum atomic E-state index is -0.969. The predicted octanol–water partition coefficient (Wildman–Crippen LogP) is 3.41. The third-order valence-electron chi connectivity index (χ3n) is 9.65. The van der Waals surface area contributed by atoms with Crippen LogP contribution in [0.3, 0.4) is 0 Å². The van der Waals surface area contributed by atoms with Gasteiger partial charge in [0.25, 0.3) is 0 Å². The topological polar surface area (TPSA) is 86.6 Å². The second-order valence-corrected chi connectivity index (χ2v) is 11.3. The van der Waals surface area contributed by atoms with Gasteiger partial charge in [-0.25, -0.2) is 0 Å². The molecule has 5 nitrogen and oxygen atoms in total. The molecular formula is C26H39NO4. The Kier molecular flexibility index (Phi) is 5.54. The molecule has 8 unspecified atom stereocenters. The van der Waals surface area contributed by atoms with Crippen molar-refractivity contribution in [3.8, 4) is 0 Å². The van der Waals surface area contributed by atoms with Crippen molar-refractivity contribution >= 4 is 11.7 Å². The minimum Gasteiger partial charge on any atom is -0.396 e. The summed E-state index contributed by atoms with van der Waals surface area (Å²) < 4.78 is 0. The summed E-state index contributed by atoms with van der Waals surface area (Å²) in [6.07, 6.45) is 6.63. The molecular weight excluding hydrogens is 390 g/mol. The highest BCUT2D eigenvalue weighted by Gasteiger charge is 2.71. The van der Waals surface area contributed by atoms with Crippen LogP contribution in [-0.2, 0) is 9.59 Å². The number of hydrogen-bond donors (Lipinski definition) is 3. The summed E-state index contributed by atoms with van der Waals surface area (Å²) in [4.78, 5) is 26.8. The Morgan fingerprint density at radius 2 is 2.00 bits per heavy atom. The van der Waals surface area contributed by atoms with Crippen LogP contribution in [0.4, 0.5) is 0 Å². The number of ketones is 1. The highest BCUT2D eigenvalue weighted by molar-refractivity contribution is 5.88. The Labute approximate surface area is 186 Å². The second-order valence-electron chi connectivity index (χ2n) is 11.3. The van der Waals surface area contributed by atoms with Gasteiger partial charge in [-0.2, -0.15) is 0 Å². The van der Waals surface area contributed by atoms with E-state index in [-0.39, 0.29) is 52.8 Å². The van der Waals surface area contributed by atoms with Crippen molar-refractivity contribution in [3.05, 3.63) is 23.8 Å². The van der Waals surface area contributed by atoms with E-state index < -0.39 is 11.5 Å². The predicted molar refractivity (Wildman–Crippen MR) is 120 cm³/mol. The van der Waals surface area contributed by atoms with Crippen LogP contribution >= 0.6 is 0 Å². The fraction of sp³-hybridized carbons (Fsp3) is 0.769. The smallest absolute Gasteiger partial charge is 0.224 e. The van der Waals surface area contributed by atoms with E-state index in [4.69, 9.17) is 5.11 Å². The summed E-state index contributed by atoms with van der Waals surface area (Å²) in [5, 5.41) is 23.4. The van der Waals surface area contributed by atoms with Crippen molar-refractivity contribution in [3.63, 3.8) is 0 Å². The molecule has 0 radical (unpaired) electrons. The van der Waals surface area contributed by atoms with Crippen LogP contribution < -0.4 is 5.32 Å². The molecule has 3 saturated carbocycles. The normalized spacial score (nSPS) is 45.7. The van der Waals surface area contributed by atoms with Crippen LogP contribution in [-0.4, -0.2) is 41.2 Å². The number of amides is 1. The molecule has 0 aliphatic heterocycles. The maximum absolute atomic E-state index is 13.8. The van der Waals surface area contributed by atoms with Crippen LogP contribution in [0.2, 0.25) is 0 Å². The zero-order chi connectivity index (χ0) is 22.8. The van der Waals surface area contributed by atoms with E-state index in [9.17, 15) is 14.7 Å². The molecule has 8 atom stereocenters. The summed E-state index contributed by atoms with van der Waals surface area (Å²) in [5.41, 5.74) is 1.34. The van der Waals surface area contributed by atoms with Gasteiger partial charge in [0.1, 0.15) is 5.78 Å². The van der Waals surface area contributed by atoms with Gasteiger partial charge in [0.15, 0.2) is 0 Å². The standard InChI is InChI=1S/C26H39NO4/c1-15-12-18-19-8-9-24(4)14-26(19,13-16(24)2)21(23(31)27-10-6-7-11-28)20(18)25(5,17(3)29)22(15)30/h12,15,19-22,28,30H,2,6-11,13-14H2,1,3-5H3,(H,27,31). The largest absolute Gasteiger partial charge is 0.396 e. The van der Waals surface area contributed by atoms with Gasteiger partial charge in [-0.1, -0.05) is 37.6 Å². The van der Waals surface area contributed by atoms with Crippen molar-refractivity contribution in [1.29, 1.82) is 0 Å². The lowest BCUT2D eigenvalue weighted by Crippen LogP contribution is -2.55. The molecule has 31 heavy (non-hydrogen) atoms. The van der Waals surface area contributed by atoms with Gasteiger partial charge in [0, 0.05) is 25.0 Å². The fourth-order valence-electron chi connectivity index (χ4n) is 7.90. The van der Waals surface area contributed by atoms with E-state index in [1.54, 1.807) is 6.92 Å². The van der Waals surface area contributed by atoms with Crippen LogP contribution in [0, 0.1) is 39.9 Å². The van der Waals surface area contributed by atoms with Crippen LogP contribution in [0.15, 0.2) is 23.8 Å². The van der Waals surface area contributed by atoms with Gasteiger partial charge < -0.3 is 15.5 Å². The Hall–Kier alpha value is -1.46. The molecule has 4 rings (SSSR count). The molecule has 3 fully saturated rings. The Morgan fingerprint density at radius 3 is 2.65 bits per heavy atom. The van der Waals surface area contributed by atoms with Gasteiger partial charge in [0.2, 0.25) is 5.91 Å². The first kappa shape index (κ1) is 22.7. The van der Waals surface area contributed by atoms with Crippen molar-refractivity contribution in [2.75, 3.05) is 13.2 Å². The SMILES string of the molecule is C=C1CC23CC1(C)CCC2C1=CC(C)C(O)C(C)(C(C)=O)C1C3C(=O)NCCCCO. The number of unbranched alkanes of at least 4 members (excludes halogenated alkanes) is 1. The summed E-state index contributed by atoms with van der Waals surface area (Å²) in [5.74, 6) is -0.479. The number of allylic oxidation sites excluding steroid dienone is 2. The van der Waals surface area contributed by atoms with Crippen molar-refractivity contribution < 1.29 is 19.8 Å². The number of aliphatic hydroxyl groups excluding tert-OH is 2. The van der Waals surface area contributed by atoms with Gasteiger partial charge >= 0.3 is 0 Å². The molecule has 2 bridgehead atoms. The zero-order valence-corrected chi connectivity index (χ0v) is 19.5. The van der Waals surface area contributed by atoms with E-state index in [1.807, 2.05) is 13.8 Å². The monoisotopic (exact) mass is 429 g/mol. The van der Waals surface area contributed by atoms with Crippen LogP contribution in [0.25, 0.3) is 0 Å². The van der Waals surface area contributed by atoms with Crippen LogP contribution in [0.5, 0.6) is 0 Å². The Morgan fingerprint density at radius 1 is 1.29 bits per heavy atom. The zero-order valence-electron chi connectivity index (χ0n) is 19.5. The molecule has 4 aliphatic rings. The fourth-order valence-corrected chi connectivity index (χ4v) is 7.90. The summed E-state index contributed by atoms with van der Waals surface area (Å²) in [6.45, 7) is 12.8. The number of carbonyl (C=O) groups is 2. The van der Waals surface area contributed by atoms with Gasteiger partial charge in [0.05, 0.1) is 17.4 Å². The van der Waals surface area contributed by atoms with Crippen molar-refractivity contribution in [1.82, 2.24) is 5.32 Å². The molecule has 4 aliphatic carbocycles. The van der Waals surface area contributed by atoms with E-state index in [0.717, 1.165) is 32.1 Å². The number of Topliss-reactive ketones (excluding diaryl/α,β-unsaturated/α-hetero) is 1. The quantitative estimate of drug-likeness (QED) is 0.446. The second kappa shape index (κ2) is 7.55. The minimum absolute atomic E-state index is 0.00418. The van der Waals surface area contributed by atoms with Crippen LogP contribution in [0.1, 0.15) is 66.2 Å². The van der Waals surface area contributed by atoms with E-state index >= 15 is 0 Å². The molecule has 172 valence electrons. The Bertz CT molecular complexity index is 833. The maximum atomic E-state index is 13.8. The lowest BCUT2D eigenvalue weighted by molar-refractivity contribution is -0.146. The molecule has 0 aromatic carbocycles. The van der Waals surface area contributed by atoms with Gasteiger partial charge in [-0.3, -0.25) is 9.59 Å². The molecule has 5 heteroatoms. The lowest BCUT2D eigenvalue weighted by Gasteiger charge is -2.47. The lowest BCUT2D eigenvalue weighted by atomic mass is 9.57. The number of nitrogens with one attached hydrogen (secondary N) is 1. The summed E-state index contributed by atoms with van der Waals surface area (Å²) in [6, 6.07) is 0. The van der Waals surface area contributed by atoms with E-state index in [2.05, 4.69) is 24.9 Å². The first-order chi connectivity index (χ1) is 14.5. The molecule has 0 aromatic rings.